The summed E-state index contributed by atoms with van der Waals surface area (Å²) in [6.07, 6.45) is 1.32. The van der Waals surface area contributed by atoms with E-state index in [9.17, 15) is 14.4 Å². The molecule has 0 unspecified atom stereocenters. The summed E-state index contributed by atoms with van der Waals surface area (Å²) in [7, 11) is 0. The van der Waals surface area contributed by atoms with Gasteiger partial charge >= 0.3 is 12.0 Å². The topological polar surface area (TPSA) is 79.0 Å². The Bertz CT molecular complexity index is 748. The number of benzene rings is 1. The van der Waals surface area contributed by atoms with E-state index in [-0.39, 0.29) is 24.5 Å². The van der Waals surface area contributed by atoms with E-state index in [4.69, 9.17) is 16.3 Å². The van der Waals surface area contributed by atoms with Gasteiger partial charge in [-0.2, -0.15) is 0 Å². The second kappa shape index (κ2) is 7.86. The van der Waals surface area contributed by atoms with Crippen LogP contribution in [0.2, 0.25) is 5.02 Å². The minimum absolute atomic E-state index is 0.110. The van der Waals surface area contributed by atoms with E-state index in [1.807, 2.05) is 4.90 Å². The van der Waals surface area contributed by atoms with Crippen LogP contribution in [0.3, 0.4) is 0 Å². The first-order valence-electron chi connectivity index (χ1n) is 9.14. The number of carbonyl (C=O) groups is 3. The number of nitrogens with zero attached hydrogens (tertiary/aromatic N) is 2. The summed E-state index contributed by atoms with van der Waals surface area (Å²) in [5.74, 6) is -0.580. The minimum atomic E-state index is -1.13. The summed E-state index contributed by atoms with van der Waals surface area (Å²) in [5.41, 5.74) is -0.484. The van der Waals surface area contributed by atoms with E-state index in [2.05, 4.69) is 5.32 Å². The Balaban J connectivity index is 1.64. The number of rotatable bonds is 5. The number of nitrogens with one attached hydrogen (secondary N) is 1. The number of amides is 3. The molecule has 2 saturated heterocycles. The number of piperidine rings is 1. The summed E-state index contributed by atoms with van der Waals surface area (Å²) in [5, 5.41) is 3.29. The van der Waals surface area contributed by atoms with Crippen LogP contribution in [0, 0.1) is 5.92 Å². The Kier molecular flexibility index (Phi) is 5.72. The number of carbonyl (C=O) groups excluding carboxylic acids is 3. The minimum Gasteiger partial charge on any atom is -0.466 e. The lowest BCUT2D eigenvalue weighted by Gasteiger charge is -2.32. The van der Waals surface area contributed by atoms with Crippen molar-refractivity contribution in [1.29, 1.82) is 0 Å². The third kappa shape index (κ3) is 3.94. The van der Waals surface area contributed by atoms with E-state index >= 15 is 0 Å². The smallest absolute Gasteiger partial charge is 0.326 e. The van der Waals surface area contributed by atoms with Crippen LogP contribution in [-0.4, -0.2) is 54.1 Å². The number of hydrogen-bond acceptors (Lipinski definition) is 5. The van der Waals surface area contributed by atoms with Crippen LogP contribution in [0.4, 0.5) is 4.79 Å². The summed E-state index contributed by atoms with van der Waals surface area (Å²) < 4.78 is 5.07. The molecule has 7 nitrogen and oxygen atoms in total. The molecule has 2 aliphatic rings. The highest BCUT2D eigenvalue weighted by Crippen LogP contribution is 2.31. The first kappa shape index (κ1) is 19.6. The summed E-state index contributed by atoms with van der Waals surface area (Å²) in [6, 6.07) is 6.52. The second-order valence-corrected chi connectivity index (χ2v) is 7.52. The van der Waals surface area contributed by atoms with Crippen molar-refractivity contribution in [2.45, 2.75) is 32.2 Å². The maximum atomic E-state index is 13.0. The fraction of sp³-hybridized carbons (Fsp3) is 0.526. The van der Waals surface area contributed by atoms with Gasteiger partial charge in [-0.25, -0.2) is 9.69 Å². The molecule has 2 fully saturated rings. The molecule has 0 aliphatic carbocycles. The van der Waals surface area contributed by atoms with Crippen LogP contribution in [0.5, 0.6) is 0 Å². The van der Waals surface area contributed by atoms with Crippen molar-refractivity contribution >= 4 is 29.5 Å². The van der Waals surface area contributed by atoms with Gasteiger partial charge in [0, 0.05) is 18.1 Å². The van der Waals surface area contributed by atoms with Gasteiger partial charge < -0.3 is 10.1 Å². The van der Waals surface area contributed by atoms with Crippen LogP contribution in [0.1, 0.15) is 32.3 Å². The van der Waals surface area contributed by atoms with Crippen molar-refractivity contribution in [1.82, 2.24) is 15.1 Å². The fourth-order valence-corrected chi connectivity index (χ4v) is 3.78. The highest BCUT2D eigenvalue weighted by atomic mass is 35.5. The van der Waals surface area contributed by atoms with E-state index in [1.165, 1.54) is 4.90 Å². The van der Waals surface area contributed by atoms with Crippen molar-refractivity contribution in [2.24, 2.45) is 5.92 Å². The quantitative estimate of drug-likeness (QED) is 0.613. The number of hydrogen-bond donors (Lipinski definition) is 1. The maximum Gasteiger partial charge on any atom is 0.326 e. The molecule has 3 rings (SSSR count). The largest absolute Gasteiger partial charge is 0.466 e. The Morgan fingerprint density at radius 2 is 2.04 bits per heavy atom. The predicted octanol–water partition coefficient (Wildman–Crippen LogP) is 2.34. The van der Waals surface area contributed by atoms with E-state index in [0.29, 0.717) is 43.1 Å². The lowest BCUT2D eigenvalue weighted by Crippen LogP contribution is -2.46. The van der Waals surface area contributed by atoms with Crippen LogP contribution in [0.15, 0.2) is 24.3 Å². The van der Waals surface area contributed by atoms with Crippen molar-refractivity contribution in [3.05, 3.63) is 34.9 Å². The Hall–Kier alpha value is -2.12. The molecule has 1 N–H and O–H groups in total. The molecule has 8 heteroatoms. The van der Waals surface area contributed by atoms with Gasteiger partial charge in [0.1, 0.15) is 5.54 Å². The molecule has 0 bridgehead atoms. The van der Waals surface area contributed by atoms with Crippen LogP contribution < -0.4 is 5.32 Å². The molecule has 0 spiro atoms. The highest BCUT2D eigenvalue weighted by Gasteiger charge is 2.49. The molecule has 3 amide bonds. The van der Waals surface area contributed by atoms with Crippen LogP contribution >= 0.6 is 11.6 Å². The Labute approximate surface area is 163 Å². The molecule has 0 radical (unpaired) electrons. The van der Waals surface area contributed by atoms with Gasteiger partial charge in [-0.1, -0.05) is 23.7 Å². The number of imide groups is 1. The lowest BCUT2D eigenvalue weighted by atomic mass is 9.92. The Morgan fingerprint density at radius 3 is 2.67 bits per heavy atom. The SMILES string of the molecule is CCOC(=O)C1CCN(CN2C(=O)N[C@@](C)(c3cccc(Cl)c3)C2=O)CC1. The lowest BCUT2D eigenvalue weighted by molar-refractivity contribution is -0.150. The zero-order valence-corrected chi connectivity index (χ0v) is 16.3. The standard InChI is InChI=1S/C19H24ClN3O4/c1-3-27-16(24)13-7-9-22(10-8-13)12-23-17(25)19(2,21-18(23)26)14-5-4-6-15(20)11-14/h4-6,11,13H,3,7-10,12H2,1-2H3,(H,21,26)/t19-/m0/s1. The number of likely N-dealkylation sites (tertiary alicyclic amines) is 1. The average molecular weight is 394 g/mol. The summed E-state index contributed by atoms with van der Waals surface area (Å²) in [4.78, 5) is 40.5. The van der Waals surface area contributed by atoms with Gasteiger partial charge in [0.2, 0.25) is 0 Å². The zero-order chi connectivity index (χ0) is 19.6. The molecule has 2 aliphatic heterocycles. The van der Waals surface area contributed by atoms with Crippen LogP contribution in [0.25, 0.3) is 0 Å². The fourth-order valence-electron chi connectivity index (χ4n) is 3.59. The third-order valence-corrected chi connectivity index (χ3v) is 5.46. The molecule has 2 heterocycles. The maximum absolute atomic E-state index is 13.0. The van der Waals surface area contributed by atoms with Crippen molar-refractivity contribution in [2.75, 3.05) is 26.4 Å². The molecular weight excluding hydrogens is 370 g/mol. The average Bonchev–Trinajstić information content (AvgIpc) is 2.87. The number of urea groups is 1. The first-order chi connectivity index (χ1) is 12.8. The van der Waals surface area contributed by atoms with E-state index in [1.54, 1.807) is 38.1 Å². The van der Waals surface area contributed by atoms with Gasteiger partial charge in [-0.15, -0.1) is 0 Å². The molecular formula is C19H24ClN3O4. The molecule has 1 aromatic rings. The van der Waals surface area contributed by atoms with Crippen molar-refractivity contribution in [3.8, 4) is 0 Å². The van der Waals surface area contributed by atoms with Gasteiger partial charge in [-0.05, 0) is 44.4 Å². The van der Waals surface area contributed by atoms with Gasteiger partial charge in [0.15, 0.2) is 0 Å². The van der Waals surface area contributed by atoms with Gasteiger partial charge in [-0.3, -0.25) is 14.5 Å². The summed E-state index contributed by atoms with van der Waals surface area (Å²) >= 11 is 6.04. The van der Waals surface area contributed by atoms with E-state index < -0.39 is 11.6 Å². The molecule has 0 aromatic heterocycles. The Morgan fingerprint density at radius 1 is 1.33 bits per heavy atom. The summed E-state index contributed by atoms with van der Waals surface area (Å²) in [6.45, 7) is 5.33. The van der Waals surface area contributed by atoms with Crippen LogP contribution in [-0.2, 0) is 19.9 Å². The van der Waals surface area contributed by atoms with Gasteiger partial charge in [0.25, 0.3) is 5.91 Å². The normalized spacial score (nSPS) is 24.2. The first-order valence-corrected chi connectivity index (χ1v) is 9.52. The molecule has 146 valence electrons. The van der Waals surface area contributed by atoms with Crippen molar-refractivity contribution in [3.63, 3.8) is 0 Å². The number of ether oxygens (including phenoxy) is 1. The number of halogens is 1. The predicted molar refractivity (Wildman–Crippen MR) is 100.0 cm³/mol. The zero-order valence-electron chi connectivity index (χ0n) is 15.5. The molecule has 1 aromatic carbocycles. The van der Waals surface area contributed by atoms with Gasteiger partial charge in [0.05, 0.1) is 19.2 Å². The monoisotopic (exact) mass is 393 g/mol. The third-order valence-electron chi connectivity index (χ3n) is 5.23. The molecule has 0 saturated carbocycles. The second-order valence-electron chi connectivity index (χ2n) is 7.08. The number of esters is 1. The van der Waals surface area contributed by atoms with E-state index in [0.717, 1.165) is 0 Å². The van der Waals surface area contributed by atoms with Crippen molar-refractivity contribution < 1.29 is 19.1 Å². The molecule has 1 atom stereocenters. The highest BCUT2D eigenvalue weighted by molar-refractivity contribution is 6.30. The molecule has 27 heavy (non-hydrogen) atoms.